The number of hydrogen-bond acceptors (Lipinski definition) is 5. The third kappa shape index (κ3) is 4.16. The zero-order chi connectivity index (χ0) is 27.3. The van der Waals surface area contributed by atoms with Gasteiger partial charge in [0.2, 0.25) is 0 Å². The predicted octanol–water partition coefficient (Wildman–Crippen LogP) is 5.22. The first-order valence-electron chi connectivity index (χ1n) is 14.3. The molecule has 3 heterocycles. The number of morpholine rings is 1. The molecule has 0 spiro atoms. The smallest absolute Gasteiger partial charge is 0.195 e. The molecule has 6 rings (SSSR count). The standard InChI is InChI=1S/C32H37FN4O2/c1-4-22-18-25-26(19-27(22)36-10-7-23(8-11-36)35-13-15-39-16-14-35)32(2,3)31-29(30(25)38)24-6-5-21(20-34)17-28(24)37(31)12-9-33/h5-6,17-19,23H,4,7-16H2,1-3H3. The Kier molecular flexibility index (Phi) is 6.73. The molecular weight excluding hydrogens is 491 g/mol. The summed E-state index contributed by atoms with van der Waals surface area (Å²) >= 11 is 0. The number of aryl methyl sites for hydroxylation is 2. The summed E-state index contributed by atoms with van der Waals surface area (Å²) < 4.78 is 21.4. The second kappa shape index (κ2) is 10.1. The molecule has 0 amide bonds. The van der Waals surface area contributed by atoms with Crippen LogP contribution in [0.15, 0.2) is 30.3 Å². The normalized spacial score (nSPS) is 19.7. The fourth-order valence-electron chi connectivity index (χ4n) is 7.21. The molecule has 0 radical (unpaired) electrons. The molecule has 6 nitrogen and oxygen atoms in total. The number of rotatable bonds is 5. The minimum absolute atomic E-state index is 0.00100. The van der Waals surface area contributed by atoms with E-state index in [-0.39, 0.29) is 12.3 Å². The van der Waals surface area contributed by atoms with Crippen molar-refractivity contribution in [2.75, 3.05) is 51.0 Å². The van der Waals surface area contributed by atoms with Gasteiger partial charge in [-0.1, -0.05) is 26.8 Å². The van der Waals surface area contributed by atoms with Crippen molar-refractivity contribution in [1.29, 1.82) is 5.26 Å². The number of nitrogens with zero attached hydrogens (tertiary/aromatic N) is 4. The molecule has 1 aromatic heterocycles. The van der Waals surface area contributed by atoms with Gasteiger partial charge in [0.15, 0.2) is 5.78 Å². The summed E-state index contributed by atoms with van der Waals surface area (Å²) in [4.78, 5) is 19.2. The molecular formula is C32H37FN4O2. The van der Waals surface area contributed by atoms with Crippen LogP contribution in [0.25, 0.3) is 10.9 Å². The summed E-state index contributed by atoms with van der Waals surface area (Å²) in [5, 5.41) is 10.3. The number of carbonyl (C=O) groups is 1. The van der Waals surface area contributed by atoms with E-state index in [9.17, 15) is 14.4 Å². The maximum Gasteiger partial charge on any atom is 0.195 e. The molecule has 39 heavy (non-hydrogen) atoms. The van der Waals surface area contributed by atoms with E-state index < -0.39 is 12.1 Å². The van der Waals surface area contributed by atoms with E-state index in [0.29, 0.717) is 17.2 Å². The highest BCUT2D eigenvalue weighted by Gasteiger charge is 2.42. The van der Waals surface area contributed by atoms with E-state index in [2.05, 4.69) is 48.8 Å². The Balaban J connectivity index is 1.42. The van der Waals surface area contributed by atoms with E-state index in [1.165, 1.54) is 11.3 Å². The van der Waals surface area contributed by atoms with E-state index in [0.717, 1.165) is 86.4 Å². The number of fused-ring (bicyclic) bond motifs is 4. The fraction of sp³-hybridized carbons (Fsp3) is 0.500. The number of ether oxygens (including phenoxy) is 1. The molecule has 0 atom stereocenters. The lowest BCUT2D eigenvalue weighted by atomic mass is 9.70. The molecule has 3 aliphatic rings. The molecule has 0 N–H and O–H groups in total. The largest absolute Gasteiger partial charge is 0.379 e. The highest BCUT2D eigenvalue weighted by atomic mass is 19.1. The van der Waals surface area contributed by atoms with Gasteiger partial charge in [-0.25, -0.2) is 4.39 Å². The van der Waals surface area contributed by atoms with Crippen molar-refractivity contribution in [3.05, 3.63) is 63.8 Å². The van der Waals surface area contributed by atoms with E-state index >= 15 is 0 Å². The van der Waals surface area contributed by atoms with Gasteiger partial charge in [0.05, 0.1) is 42.5 Å². The molecule has 2 aromatic carbocycles. The van der Waals surface area contributed by atoms with Crippen LogP contribution in [0.2, 0.25) is 0 Å². The Morgan fingerprint density at radius 3 is 2.51 bits per heavy atom. The van der Waals surface area contributed by atoms with E-state index in [4.69, 9.17) is 4.74 Å². The van der Waals surface area contributed by atoms with Crippen molar-refractivity contribution < 1.29 is 13.9 Å². The van der Waals surface area contributed by atoms with Gasteiger partial charge in [-0.2, -0.15) is 5.26 Å². The fourth-order valence-corrected chi connectivity index (χ4v) is 7.21. The van der Waals surface area contributed by atoms with Crippen molar-refractivity contribution in [3.8, 4) is 6.07 Å². The first-order valence-corrected chi connectivity index (χ1v) is 14.3. The van der Waals surface area contributed by atoms with Gasteiger partial charge in [-0.3, -0.25) is 9.69 Å². The molecule has 2 aliphatic heterocycles. The summed E-state index contributed by atoms with van der Waals surface area (Å²) in [6.45, 7) is 11.7. The van der Waals surface area contributed by atoms with Crippen molar-refractivity contribution in [3.63, 3.8) is 0 Å². The van der Waals surface area contributed by atoms with Gasteiger partial charge < -0.3 is 14.2 Å². The third-order valence-electron chi connectivity index (χ3n) is 9.21. The van der Waals surface area contributed by atoms with Gasteiger partial charge in [-0.05, 0) is 54.7 Å². The van der Waals surface area contributed by atoms with Crippen LogP contribution in [0.3, 0.4) is 0 Å². The monoisotopic (exact) mass is 528 g/mol. The highest BCUT2D eigenvalue weighted by molar-refractivity contribution is 6.20. The minimum Gasteiger partial charge on any atom is -0.379 e. The number of piperidine rings is 1. The SMILES string of the molecule is CCc1cc2c(cc1N1CCC(N3CCOCC3)CC1)C(C)(C)c1c(c3ccc(C#N)cc3n1CCF)C2=O. The predicted molar refractivity (Wildman–Crippen MR) is 152 cm³/mol. The lowest BCUT2D eigenvalue weighted by molar-refractivity contribution is 0.0115. The van der Waals surface area contributed by atoms with Crippen LogP contribution in [-0.4, -0.2) is 67.4 Å². The first kappa shape index (κ1) is 26.0. The van der Waals surface area contributed by atoms with Crippen LogP contribution < -0.4 is 4.90 Å². The van der Waals surface area contributed by atoms with Crippen LogP contribution in [0, 0.1) is 11.3 Å². The lowest BCUT2D eigenvalue weighted by Crippen LogP contribution is -2.49. The summed E-state index contributed by atoms with van der Waals surface area (Å²) in [5.74, 6) is -0.00100. The molecule has 2 saturated heterocycles. The number of anilines is 1. The lowest BCUT2D eigenvalue weighted by Gasteiger charge is -2.42. The molecule has 2 fully saturated rings. The van der Waals surface area contributed by atoms with Crippen LogP contribution in [0.4, 0.5) is 10.1 Å². The summed E-state index contributed by atoms with van der Waals surface area (Å²) in [7, 11) is 0. The number of aromatic nitrogens is 1. The Bertz CT molecular complexity index is 1470. The maximum atomic E-state index is 14.2. The van der Waals surface area contributed by atoms with Crippen molar-refractivity contribution >= 4 is 22.4 Å². The average Bonchev–Trinajstić information content (AvgIpc) is 3.30. The number of carbonyl (C=O) groups excluding carboxylic acids is 1. The average molecular weight is 529 g/mol. The summed E-state index contributed by atoms with van der Waals surface area (Å²) in [5.41, 5.74) is 6.44. The topological polar surface area (TPSA) is 61.5 Å². The number of benzene rings is 2. The van der Waals surface area contributed by atoms with Crippen LogP contribution in [-0.2, 0) is 23.1 Å². The Morgan fingerprint density at radius 2 is 1.85 bits per heavy atom. The summed E-state index contributed by atoms with van der Waals surface area (Å²) in [6.07, 6.45) is 3.10. The molecule has 1 aliphatic carbocycles. The number of ketones is 1. The van der Waals surface area contributed by atoms with Crippen molar-refractivity contribution in [2.45, 2.75) is 58.0 Å². The van der Waals surface area contributed by atoms with Gasteiger partial charge in [0.25, 0.3) is 0 Å². The first-order chi connectivity index (χ1) is 18.9. The van der Waals surface area contributed by atoms with E-state index in [1.807, 2.05) is 10.6 Å². The molecule has 0 bridgehead atoms. The number of nitriles is 1. The Morgan fingerprint density at radius 1 is 1.10 bits per heavy atom. The van der Waals surface area contributed by atoms with Gasteiger partial charge in [0, 0.05) is 60.0 Å². The number of halogens is 1. The minimum atomic E-state index is -0.539. The molecule has 0 saturated carbocycles. The second-order valence-corrected chi connectivity index (χ2v) is 11.6. The van der Waals surface area contributed by atoms with Gasteiger partial charge in [-0.15, -0.1) is 0 Å². The number of hydrogen-bond donors (Lipinski definition) is 0. The van der Waals surface area contributed by atoms with Crippen LogP contribution in [0.1, 0.15) is 71.9 Å². The zero-order valence-corrected chi connectivity index (χ0v) is 23.2. The highest BCUT2D eigenvalue weighted by Crippen LogP contribution is 2.47. The van der Waals surface area contributed by atoms with Crippen LogP contribution in [0.5, 0.6) is 0 Å². The number of alkyl halides is 1. The van der Waals surface area contributed by atoms with E-state index in [1.54, 1.807) is 12.1 Å². The molecule has 7 heteroatoms. The summed E-state index contributed by atoms with van der Waals surface area (Å²) in [6, 6.07) is 12.6. The third-order valence-corrected chi connectivity index (χ3v) is 9.21. The van der Waals surface area contributed by atoms with Crippen molar-refractivity contribution in [1.82, 2.24) is 9.47 Å². The quantitative estimate of drug-likeness (QED) is 0.455. The van der Waals surface area contributed by atoms with Crippen molar-refractivity contribution in [2.24, 2.45) is 0 Å². The molecule has 204 valence electrons. The second-order valence-electron chi connectivity index (χ2n) is 11.6. The Hall–Kier alpha value is -3.21. The van der Waals surface area contributed by atoms with Gasteiger partial charge in [0.1, 0.15) is 6.67 Å². The van der Waals surface area contributed by atoms with Gasteiger partial charge >= 0.3 is 0 Å². The van der Waals surface area contributed by atoms with Crippen LogP contribution >= 0.6 is 0 Å². The maximum absolute atomic E-state index is 14.2. The molecule has 3 aromatic rings. The zero-order valence-electron chi connectivity index (χ0n) is 23.2. The molecule has 0 unspecified atom stereocenters. The Labute approximate surface area is 229 Å².